The van der Waals surface area contributed by atoms with E-state index in [2.05, 4.69) is 5.32 Å². The molecule has 22 heavy (non-hydrogen) atoms. The highest BCUT2D eigenvalue weighted by atomic mass is 35.5. The summed E-state index contributed by atoms with van der Waals surface area (Å²) in [5.74, 6) is -1.30. The Balaban J connectivity index is 1.95. The first-order chi connectivity index (χ1) is 10.5. The van der Waals surface area contributed by atoms with Crippen LogP contribution in [0.15, 0.2) is 29.6 Å². The molecule has 6 nitrogen and oxygen atoms in total. The zero-order chi connectivity index (χ0) is 16.1. The SMILES string of the molecule is N#Cc1ccsc1NC(=O)COC(=O)c1cccc(Cl)c1N. The summed E-state index contributed by atoms with van der Waals surface area (Å²) in [5.41, 5.74) is 6.21. The Morgan fingerprint density at radius 2 is 2.18 bits per heavy atom. The lowest BCUT2D eigenvalue weighted by atomic mass is 10.2. The van der Waals surface area contributed by atoms with Gasteiger partial charge >= 0.3 is 5.97 Å². The summed E-state index contributed by atoms with van der Waals surface area (Å²) in [7, 11) is 0. The van der Waals surface area contributed by atoms with Crippen molar-refractivity contribution in [1.29, 1.82) is 5.26 Å². The first-order valence-electron chi connectivity index (χ1n) is 6.01. The fraction of sp³-hybridized carbons (Fsp3) is 0.0714. The number of anilines is 2. The van der Waals surface area contributed by atoms with E-state index < -0.39 is 18.5 Å². The van der Waals surface area contributed by atoms with Gasteiger partial charge in [-0.25, -0.2) is 4.79 Å². The number of hydrogen-bond donors (Lipinski definition) is 2. The van der Waals surface area contributed by atoms with Crippen molar-refractivity contribution in [2.75, 3.05) is 17.7 Å². The molecule has 0 aliphatic carbocycles. The number of thiophene rings is 1. The maximum Gasteiger partial charge on any atom is 0.340 e. The van der Waals surface area contributed by atoms with Crippen LogP contribution in [-0.4, -0.2) is 18.5 Å². The number of nitrogens with zero attached hydrogens (tertiary/aromatic N) is 1. The van der Waals surface area contributed by atoms with Gasteiger partial charge in [-0.05, 0) is 23.6 Å². The molecule has 0 saturated carbocycles. The number of ether oxygens (including phenoxy) is 1. The lowest BCUT2D eigenvalue weighted by Crippen LogP contribution is -2.21. The molecule has 1 amide bonds. The molecule has 0 fully saturated rings. The van der Waals surface area contributed by atoms with Crippen LogP contribution < -0.4 is 11.1 Å². The topological polar surface area (TPSA) is 105 Å². The number of nitrogens with one attached hydrogen (secondary N) is 1. The summed E-state index contributed by atoms with van der Waals surface area (Å²) in [5, 5.41) is 13.6. The molecule has 0 saturated heterocycles. The average Bonchev–Trinajstić information content (AvgIpc) is 2.94. The predicted molar refractivity (Wildman–Crippen MR) is 83.8 cm³/mol. The Morgan fingerprint density at radius 3 is 2.91 bits per heavy atom. The molecule has 0 spiro atoms. The molecule has 0 bridgehead atoms. The molecule has 2 rings (SSSR count). The van der Waals surface area contributed by atoms with E-state index in [-0.39, 0.29) is 16.3 Å². The Hall–Kier alpha value is -2.56. The molecule has 0 atom stereocenters. The number of nitrogen functional groups attached to an aromatic ring is 1. The van der Waals surface area contributed by atoms with Crippen molar-refractivity contribution in [2.24, 2.45) is 0 Å². The Kier molecular flexibility index (Phi) is 4.99. The van der Waals surface area contributed by atoms with Crippen molar-refractivity contribution < 1.29 is 14.3 Å². The quantitative estimate of drug-likeness (QED) is 0.660. The van der Waals surface area contributed by atoms with E-state index in [0.717, 1.165) is 0 Å². The molecule has 0 radical (unpaired) electrons. The lowest BCUT2D eigenvalue weighted by molar-refractivity contribution is -0.119. The van der Waals surface area contributed by atoms with E-state index in [1.165, 1.54) is 17.4 Å². The van der Waals surface area contributed by atoms with Gasteiger partial charge in [-0.15, -0.1) is 11.3 Å². The number of carbonyl (C=O) groups is 2. The molecule has 0 aliphatic heterocycles. The summed E-state index contributed by atoms with van der Waals surface area (Å²) in [6.07, 6.45) is 0. The van der Waals surface area contributed by atoms with Crippen LogP contribution >= 0.6 is 22.9 Å². The van der Waals surface area contributed by atoms with Gasteiger partial charge in [0.05, 0.1) is 21.8 Å². The second-order valence-corrected chi connectivity index (χ2v) is 5.42. The van der Waals surface area contributed by atoms with Crippen LogP contribution in [-0.2, 0) is 9.53 Å². The maximum atomic E-state index is 11.9. The van der Waals surface area contributed by atoms with E-state index in [1.54, 1.807) is 23.6 Å². The Morgan fingerprint density at radius 1 is 1.41 bits per heavy atom. The van der Waals surface area contributed by atoms with Gasteiger partial charge in [0.1, 0.15) is 11.1 Å². The van der Waals surface area contributed by atoms with Gasteiger partial charge in [-0.3, -0.25) is 4.79 Å². The summed E-state index contributed by atoms with van der Waals surface area (Å²) in [6, 6.07) is 8.08. The fourth-order valence-corrected chi connectivity index (χ4v) is 2.51. The van der Waals surface area contributed by atoms with Crippen molar-refractivity contribution in [3.63, 3.8) is 0 Å². The number of esters is 1. The number of amides is 1. The van der Waals surface area contributed by atoms with Crippen LogP contribution in [0.25, 0.3) is 0 Å². The highest BCUT2D eigenvalue weighted by Gasteiger charge is 2.15. The standard InChI is InChI=1S/C14H10ClN3O3S/c15-10-3-1-2-9(12(10)17)14(20)21-7-11(19)18-13-8(6-16)4-5-22-13/h1-5H,7,17H2,(H,18,19). The van der Waals surface area contributed by atoms with Crippen LogP contribution in [0.1, 0.15) is 15.9 Å². The number of benzene rings is 1. The minimum atomic E-state index is -0.748. The second kappa shape index (κ2) is 6.93. The van der Waals surface area contributed by atoms with Crippen LogP contribution in [0.5, 0.6) is 0 Å². The van der Waals surface area contributed by atoms with Gasteiger partial charge in [0, 0.05) is 0 Å². The van der Waals surface area contributed by atoms with E-state index in [0.29, 0.717) is 10.6 Å². The van der Waals surface area contributed by atoms with Gasteiger partial charge < -0.3 is 15.8 Å². The molecule has 0 unspecified atom stereocenters. The molecule has 1 aromatic carbocycles. The molecular weight excluding hydrogens is 326 g/mol. The zero-order valence-electron chi connectivity index (χ0n) is 11.1. The molecule has 1 aromatic heterocycles. The first-order valence-corrected chi connectivity index (χ1v) is 7.27. The third-order valence-electron chi connectivity index (χ3n) is 2.65. The molecule has 1 heterocycles. The van der Waals surface area contributed by atoms with E-state index in [4.69, 9.17) is 27.3 Å². The number of nitrogens with two attached hydrogens (primary N) is 1. The molecule has 0 aliphatic rings. The largest absolute Gasteiger partial charge is 0.452 e. The Bertz CT molecular complexity index is 767. The number of hydrogen-bond acceptors (Lipinski definition) is 6. The van der Waals surface area contributed by atoms with Crippen molar-refractivity contribution >= 4 is 45.5 Å². The van der Waals surface area contributed by atoms with Gasteiger partial charge in [0.2, 0.25) is 0 Å². The molecule has 112 valence electrons. The highest BCUT2D eigenvalue weighted by molar-refractivity contribution is 7.14. The normalized spacial score (nSPS) is 9.82. The molecule has 2 aromatic rings. The van der Waals surface area contributed by atoms with Crippen molar-refractivity contribution in [3.05, 3.63) is 45.8 Å². The lowest BCUT2D eigenvalue weighted by Gasteiger charge is -2.08. The fourth-order valence-electron chi connectivity index (χ4n) is 1.58. The van der Waals surface area contributed by atoms with Crippen LogP contribution in [0.3, 0.4) is 0 Å². The first kappa shape index (κ1) is 15.8. The number of rotatable bonds is 4. The van der Waals surface area contributed by atoms with Gasteiger partial charge in [0.15, 0.2) is 6.61 Å². The molecule has 8 heteroatoms. The predicted octanol–water partition coefficient (Wildman–Crippen LogP) is 2.65. The maximum absolute atomic E-state index is 11.9. The van der Waals surface area contributed by atoms with Crippen LogP contribution in [0, 0.1) is 11.3 Å². The van der Waals surface area contributed by atoms with E-state index in [1.807, 2.05) is 6.07 Å². The van der Waals surface area contributed by atoms with Gasteiger partial charge in [-0.1, -0.05) is 17.7 Å². The summed E-state index contributed by atoms with van der Waals surface area (Å²) < 4.78 is 4.88. The van der Waals surface area contributed by atoms with E-state index in [9.17, 15) is 9.59 Å². The smallest absolute Gasteiger partial charge is 0.340 e. The van der Waals surface area contributed by atoms with Gasteiger partial charge in [0.25, 0.3) is 5.91 Å². The monoisotopic (exact) mass is 335 g/mol. The van der Waals surface area contributed by atoms with Crippen LogP contribution in [0.4, 0.5) is 10.7 Å². The van der Waals surface area contributed by atoms with Crippen molar-refractivity contribution in [3.8, 4) is 6.07 Å². The number of halogens is 1. The number of para-hydroxylation sites is 1. The summed E-state index contributed by atoms with van der Waals surface area (Å²) in [4.78, 5) is 23.6. The minimum Gasteiger partial charge on any atom is -0.452 e. The highest BCUT2D eigenvalue weighted by Crippen LogP contribution is 2.23. The second-order valence-electron chi connectivity index (χ2n) is 4.10. The number of nitriles is 1. The Labute approximate surface area is 135 Å². The minimum absolute atomic E-state index is 0.0918. The zero-order valence-corrected chi connectivity index (χ0v) is 12.7. The summed E-state index contributed by atoms with van der Waals surface area (Å²) in [6.45, 7) is -0.493. The van der Waals surface area contributed by atoms with Gasteiger partial charge in [-0.2, -0.15) is 5.26 Å². The van der Waals surface area contributed by atoms with Crippen molar-refractivity contribution in [1.82, 2.24) is 0 Å². The van der Waals surface area contributed by atoms with Crippen molar-refractivity contribution in [2.45, 2.75) is 0 Å². The average molecular weight is 336 g/mol. The van der Waals surface area contributed by atoms with Crippen LogP contribution in [0.2, 0.25) is 5.02 Å². The molecule has 3 N–H and O–H groups in total. The summed E-state index contributed by atoms with van der Waals surface area (Å²) >= 11 is 7.01. The third-order valence-corrected chi connectivity index (χ3v) is 3.81. The third kappa shape index (κ3) is 3.55. The number of carbonyl (C=O) groups excluding carboxylic acids is 2. The van der Waals surface area contributed by atoms with E-state index >= 15 is 0 Å². The molecular formula is C14H10ClN3O3S.